The van der Waals surface area contributed by atoms with Gasteiger partial charge in [0.2, 0.25) is 0 Å². The van der Waals surface area contributed by atoms with E-state index in [0.717, 1.165) is 42.9 Å². The van der Waals surface area contributed by atoms with Gasteiger partial charge in [0.25, 0.3) is 0 Å². The molecule has 0 atom stereocenters. The number of nitrogens with zero attached hydrogens (tertiary/aromatic N) is 1. The van der Waals surface area contributed by atoms with E-state index >= 15 is 0 Å². The Morgan fingerprint density at radius 2 is 1.46 bits per heavy atom. The third-order valence-corrected chi connectivity index (χ3v) is 9.31. The summed E-state index contributed by atoms with van der Waals surface area (Å²) in [5, 5.41) is 0. The molecule has 1 aliphatic heterocycles. The van der Waals surface area contributed by atoms with Crippen molar-refractivity contribution in [3.63, 3.8) is 0 Å². The first kappa shape index (κ1) is 30.3. The summed E-state index contributed by atoms with van der Waals surface area (Å²) in [5.41, 5.74) is 7.87. The van der Waals surface area contributed by atoms with E-state index in [-0.39, 0.29) is 10.8 Å². The van der Waals surface area contributed by atoms with Gasteiger partial charge in [-0.3, -0.25) is 0 Å². The Labute approximate surface area is 215 Å². The van der Waals surface area contributed by atoms with Crippen LogP contribution in [-0.2, 0) is 19.9 Å². The van der Waals surface area contributed by atoms with Crippen molar-refractivity contribution in [1.29, 1.82) is 0 Å². The quantitative estimate of drug-likeness (QED) is 0.236. The molecule has 0 aromatic heterocycles. The maximum absolute atomic E-state index is 6.74. The Kier molecular flexibility index (Phi) is 9.72. The van der Waals surface area contributed by atoms with Crippen molar-refractivity contribution in [3.8, 4) is 11.5 Å². The van der Waals surface area contributed by atoms with Crippen LogP contribution in [0.3, 0.4) is 0 Å². The second kappa shape index (κ2) is 11.2. The molecule has 2 N–H and O–H groups in total. The molecular formula is C28H53N2O4P. The van der Waals surface area contributed by atoms with E-state index in [1.807, 2.05) is 6.66 Å². The molecule has 0 bridgehead atoms. The Morgan fingerprint density at radius 1 is 0.857 bits per heavy atom. The number of nitrogens with two attached hydrogens (primary N) is 1. The van der Waals surface area contributed by atoms with Crippen LogP contribution in [0, 0.1) is 0 Å². The van der Waals surface area contributed by atoms with Crippen LogP contribution in [0.2, 0.25) is 0 Å². The molecule has 0 saturated heterocycles. The van der Waals surface area contributed by atoms with Crippen molar-refractivity contribution < 1.29 is 18.1 Å². The van der Waals surface area contributed by atoms with Crippen molar-refractivity contribution >= 4 is 7.51 Å². The van der Waals surface area contributed by atoms with Crippen LogP contribution in [0.4, 0.5) is 0 Å². The van der Waals surface area contributed by atoms with Gasteiger partial charge >= 0.3 is 215 Å². The summed E-state index contributed by atoms with van der Waals surface area (Å²) in [5.74, 6) is 1.49. The molecule has 1 aromatic rings. The fourth-order valence-electron chi connectivity index (χ4n) is 4.49. The Hall–Kier alpha value is -0.910. The second-order valence-electron chi connectivity index (χ2n) is 12.7. The summed E-state index contributed by atoms with van der Waals surface area (Å²) < 4.78 is 26.5. The number of rotatable bonds is 12. The zero-order chi connectivity index (χ0) is 26.7. The molecule has 0 amide bonds. The molecular weight excluding hydrogens is 459 g/mol. The minimum absolute atomic E-state index is 0.0237. The average Bonchev–Trinajstić information content (AvgIpc) is 3.01. The van der Waals surface area contributed by atoms with Crippen LogP contribution in [0.5, 0.6) is 11.5 Å². The van der Waals surface area contributed by atoms with Crippen molar-refractivity contribution in [2.45, 2.75) is 111 Å². The predicted molar refractivity (Wildman–Crippen MR) is 150 cm³/mol. The van der Waals surface area contributed by atoms with Gasteiger partial charge in [-0.15, -0.1) is 0 Å². The summed E-state index contributed by atoms with van der Waals surface area (Å²) >= 11 is 0. The van der Waals surface area contributed by atoms with E-state index < -0.39 is 7.51 Å². The summed E-state index contributed by atoms with van der Waals surface area (Å²) in [7, 11) is -3.89. The van der Waals surface area contributed by atoms with E-state index in [4.69, 9.17) is 23.8 Å². The first-order valence-electron chi connectivity index (χ1n) is 13.4. The molecule has 0 unspecified atom stereocenters. The van der Waals surface area contributed by atoms with Gasteiger partial charge < -0.3 is 0 Å². The number of benzene rings is 1. The molecule has 0 spiro atoms. The number of hydrogen-bond acceptors (Lipinski definition) is 6. The van der Waals surface area contributed by atoms with Crippen LogP contribution < -0.4 is 14.8 Å². The molecule has 35 heavy (non-hydrogen) atoms. The molecule has 2 rings (SSSR count). The van der Waals surface area contributed by atoms with Crippen molar-refractivity contribution in [1.82, 2.24) is 4.90 Å². The van der Waals surface area contributed by atoms with Crippen LogP contribution in [-0.4, -0.2) is 50.0 Å². The van der Waals surface area contributed by atoms with Crippen molar-refractivity contribution in [2.75, 3.05) is 33.0 Å². The SMILES string of the molecule is CC(C)N(CCOP1(C)(OCCCCCN)Oc2cc(C(C)(C)C)cc(C(C)(C)C)c2O1)C(C)C. The zero-order valence-electron chi connectivity index (χ0n) is 24.4. The van der Waals surface area contributed by atoms with E-state index in [1.54, 1.807) is 0 Å². The molecule has 0 radical (unpaired) electrons. The molecule has 1 heterocycles. The molecule has 0 saturated carbocycles. The third-order valence-electron chi connectivity index (χ3n) is 6.61. The Bertz CT molecular complexity index is 839. The standard InChI is InChI=1S/C28H53N2O4P/c1-21(2)30(22(3)4)16-18-32-35(11,31-17-14-12-13-15-29)33-25-20-23(27(5,6)7)19-24(26(25)34-35)28(8,9)10/h19-22H,12-18,29H2,1-11H3. The average molecular weight is 513 g/mol. The van der Waals surface area contributed by atoms with Gasteiger partial charge in [0.05, 0.1) is 0 Å². The van der Waals surface area contributed by atoms with E-state index in [9.17, 15) is 0 Å². The molecule has 0 aliphatic carbocycles. The topological polar surface area (TPSA) is 66.2 Å². The molecule has 1 aliphatic rings. The summed E-state index contributed by atoms with van der Waals surface area (Å²) in [4.78, 5) is 2.41. The summed E-state index contributed by atoms with van der Waals surface area (Å²) in [6.45, 7) is 26.5. The van der Waals surface area contributed by atoms with Gasteiger partial charge in [-0.05, 0) is 0 Å². The third kappa shape index (κ3) is 7.79. The second-order valence-corrected chi connectivity index (χ2v) is 15.9. The number of fused-ring (bicyclic) bond motifs is 1. The molecule has 7 heteroatoms. The van der Waals surface area contributed by atoms with E-state index in [0.29, 0.717) is 31.8 Å². The fourth-order valence-corrected chi connectivity index (χ4v) is 7.00. The number of hydrogen-bond donors (Lipinski definition) is 1. The molecule has 0 fully saturated rings. The molecule has 1 aromatic carbocycles. The van der Waals surface area contributed by atoms with Crippen LogP contribution in [0.15, 0.2) is 12.1 Å². The fraction of sp³-hybridized carbons (Fsp3) is 0.786. The van der Waals surface area contributed by atoms with Gasteiger partial charge in [-0.1, -0.05) is 0 Å². The first-order chi connectivity index (χ1) is 16.0. The molecule has 204 valence electrons. The van der Waals surface area contributed by atoms with Crippen molar-refractivity contribution in [2.24, 2.45) is 5.73 Å². The summed E-state index contributed by atoms with van der Waals surface area (Å²) in [6, 6.07) is 5.21. The van der Waals surface area contributed by atoms with Crippen LogP contribution >= 0.6 is 7.51 Å². The normalized spacial score (nSPS) is 18.3. The Balaban J connectivity index is 2.41. The van der Waals surface area contributed by atoms with Gasteiger partial charge in [0.1, 0.15) is 0 Å². The monoisotopic (exact) mass is 512 g/mol. The summed E-state index contributed by atoms with van der Waals surface area (Å²) in [6.07, 6.45) is 2.87. The van der Waals surface area contributed by atoms with E-state index in [1.165, 1.54) is 5.56 Å². The van der Waals surface area contributed by atoms with Crippen LogP contribution in [0.1, 0.15) is 99.6 Å². The maximum atomic E-state index is 6.74. The molecule has 6 nitrogen and oxygen atoms in total. The predicted octanol–water partition coefficient (Wildman–Crippen LogP) is 7.18. The number of unbranched alkanes of at least 4 members (excludes halogenated alkanes) is 2. The minimum atomic E-state index is -3.89. The Morgan fingerprint density at radius 3 is 1.97 bits per heavy atom. The van der Waals surface area contributed by atoms with Gasteiger partial charge in [0.15, 0.2) is 0 Å². The van der Waals surface area contributed by atoms with Gasteiger partial charge in [-0.2, -0.15) is 0 Å². The zero-order valence-corrected chi connectivity index (χ0v) is 25.3. The van der Waals surface area contributed by atoms with Gasteiger partial charge in [0, 0.05) is 0 Å². The first-order valence-corrected chi connectivity index (χ1v) is 15.7. The van der Waals surface area contributed by atoms with Crippen molar-refractivity contribution in [3.05, 3.63) is 23.3 Å². The van der Waals surface area contributed by atoms with Gasteiger partial charge in [-0.25, -0.2) is 0 Å². The van der Waals surface area contributed by atoms with E-state index in [2.05, 4.69) is 86.3 Å². The van der Waals surface area contributed by atoms with Crippen LogP contribution in [0.25, 0.3) is 0 Å².